The summed E-state index contributed by atoms with van der Waals surface area (Å²) in [6.07, 6.45) is 3.18. The van der Waals surface area contributed by atoms with Crippen molar-refractivity contribution in [1.82, 2.24) is 20.4 Å². The molecule has 0 aliphatic carbocycles. The Morgan fingerprint density at radius 1 is 1.15 bits per heavy atom. The molecule has 0 bridgehead atoms. The third-order valence-corrected chi connectivity index (χ3v) is 4.70. The Morgan fingerprint density at radius 2 is 1.88 bits per heavy atom. The van der Waals surface area contributed by atoms with Crippen LogP contribution in [0.4, 0.5) is 0 Å². The second-order valence-corrected chi connectivity index (χ2v) is 6.84. The van der Waals surface area contributed by atoms with Crippen molar-refractivity contribution in [3.05, 3.63) is 0 Å². The van der Waals surface area contributed by atoms with Crippen molar-refractivity contribution in [3.63, 3.8) is 0 Å². The molecule has 2 N–H and O–H groups in total. The van der Waals surface area contributed by atoms with Crippen LogP contribution in [0.3, 0.4) is 0 Å². The van der Waals surface area contributed by atoms with Crippen LogP contribution in [0.5, 0.6) is 0 Å². The Labute approximate surface area is 158 Å². The third-order valence-electron chi connectivity index (χ3n) is 4.70. The molecule has 0 spiro atoms. The van der Waals surface area contributed by atoms with Crippen molar-refractivity contribution in [3.8, 4) is 0 Å². The zero-order valence-corrected chi connectivity index (χ0v) is 17.0. The van der Waals surface area contributed by atoms with Gasteiger partial charge in [0.05, 0.1) is 6.54 Å². The molecule has 2 amide bonds. The minimum absolute atomic E-state index is 0.146. The highest BCUT2D eigenvalue weighted by Gasteiger charge is 2.20. The molecular formula is C19H37N5O2. The third kappa shape index (κ3) is 8.06. The second-order valence-electron chi connectivity index (χ2n) is 6.84. The van der Waals surface area contributed by atoms with Crippen LogP contribution in [0, 0.1) is 5.92 Å². The van der Waals surface area contributed by atoms with Gasteiger partial charge in [-0.1, -0.05) is 6.92 Å². The maximum atomic E-state index is 12.3. The molecule has 1 fully saturated rings. The fourth-order valence-corrected chi connectivity index (χ4v) is 3.20. The molecule has 7 heteroatoms. The molecule has 1 saturated heterocycles. The number of guanidine groups is 1. The number of nitrogens with zero attached hydrogens (tertiary/aromatic N) is 3. The lowest BCUT2D eigenvalue weighted by molar-refractivity contribution is -0.132. The normalized spacial score (nSPS) is 17.8. The predicted molar refractivity (Wildman–Crippen MR) is 106 cm³/mol. The summed E-state index contributed by atoms with van der Waals surface area (Å²) in [4.78, 5) is 32.6. The fourth-order valence-electron chi connectivity index (χ4n) is 3.20. The first-order valence-corrected chi connectivity index (χ1v) is 10.1. The number of carbonyl (C=O) groups is 2. The second kappa shape index (κ2) is 12.5. The van der Waals surface area contributed by atoms with E-state index in [-0.39, 0.29) is 11.8 Å². The molecule has 1 heterocycles. The zero-order valence-electron chi connectivity index (χ0n) is 17.0. The van der Waals surface area contributed by atoms with Gasteiger partial charge in [-0.25, -0.2) is 0 Å². The van der Waals surface area contributed by atoms with Crippen LogP contribution in [0.15, 0.2) is 4.99 Å². The van der Waals surface area contributed by atoms with Gasteiger partial charge < -0.3 is 20.4 Å². The first-order valence-electron chi connectivity index (χ1n) is 10.1. The van der Waals surface area contributed by atoms with Gasteiger partial charge in [0.15, 0.2) is 5.96 Å². The Bertz CT molecular complexity index is 463. The standard InChI is InChI=1S/C19H37N5O2/c1-5-20-19(21-12-10-17(25)23(6-2)7-3)22-13-11-18(26)24-14-8-9-16(4)15-24/h16H,5-15H2,1-4H3,(H2,20,21,22). The number of nitrogens with one attached hydrogen (secondary N) is 2. The first kappa shape index (κ1) is 22.3. The van der Waals surface area contributed by atoms with Crippen molar-refractivity contribution in [2.24, 2.45) is 10.9 Å². The SMILES string of the molecule is CCNC(=NCCC(=O)N1CCCC(C)C1)NCCC(=O)N(CC)CC. The highest BCUT2D eigenvalue weighted by molar-refractivity contribution is 5.82. The summed E-state index contributed by atoms with van der Waals surface area (Å²) in [7, 11) is 0. The van der Waals surface area contributed by atoms with Gasteiger partial charge in [-0.15, -0.1) is 0 Å². The monoisotopic (exact) mass is 367 g/mol. The van der Waals surface area contributed by atoms with E-state index in [1.165, 1.54) is 6.42 Å². The largest absolute Gasteiger partial charge is 0.357 e. The van der Waals surface area contributed by atoms with Crippen molar-refractivity contribution in [2.45, 2.75) is 53.4 Å². The highest BCUT2D eigenvalue weighted by Crippen LogP contribution is 2.15. The number of hydrogen-bond acceptors (Lipinski definition) is 3. The van der Waals surface area contributed by atoms with Crippen LogP contribution >= 0.6 is 0 Å². The van der Waals surface area contributed by atoms with Gasteiger partial charge in [-0.05, 0) is 39.5 Å². The molecule has 7 nitrogen and oxygen atoms in total. The van der Waals surface area contributed by atoms with E-state index in [4.69, 9.17) is 0 Å². The fraction of sp³-hybridized carbons (Fsp3) is 0.842. The highest BCUT2D eigenvalue weighted by atomic mass is 16.2. The summed E-state index contributed by atoms with van der Waals surface area (Å²) in [5, 5.41) is 6.34. The summed E-state index contributed by atoms with van der Waals surface area (Å²) in [5.74, 6) is 1.60. The number of hydrogen-bond donors (Lipinski definition) is 2. The van der Waals surface area contributed by atoms with Gasteiger partial charge in [0.2, 0.25) is 11.8 Å². The van der Waals surface area contributed by atoms with Crippen LogP contribution in [-0.4, -0.2) is 73.4 Å². The van der Waals surface area contributed by atoms with E-state index in [2.05, 4.69) is 22.5 Å². The van der Waals surface area contributed by atoms with Crippen molar-refractivity contribution in [1.29, 1.82) is 0 Å². The number of amides is 2. The quantitative estimate of drug-likeness (QED) is 0.478. The maximum Gasteiger partial charge on any atom is 0.224 e. The van der Waals surface area contributed by atoms with Crippen LogP contribution in [0.2, 0.25) is 0 Å². The Kier molecular flexibility index (Phi) is 10.7. The van der Waals surface area contributed by atoms with Crippen molar-refractivity contribution in [2.75, 3.05) is 45.8 Å². The summed E-state index contributed by atoms with van der Waals surface area (Å²) in [6.45, 7) is 13.1. The molecular weight excluding hydrogens is 330 g/mol. The molecule has 1 unspecified atom stereocenters. The lowest BCUT2D eigenvalue weighted by Crippen LogP contribution is -2.41. The number of likely N-dealkylation sites (tertiary alicyclic amines) is 1. The minimum atomic E-state index is 0.146. The predicted octanol–water partition coefficient (Wildman–Crippen LogP) is 1.45. The molecule has 1 aliphatic rings. The van der Waals surface area contributed by atoms with Gasteiger partial charge in [-0.2, -0.15) is 0 Å². The first-order chi connectivity index (χ1) is 12.5. The molecule has 0 aromatic heterocycles. The van der Waals surface area contributed by atoms with E-state index in [1.807, 2.05) is 30.6 Å². The maximum absolute atomic E-state index is 12.3. The zero-order chi connectivity index (χ0) is 19.4. The number of piperidine rings is 1. The number of rotatable bonds is 9. The Hall–Kier alpha value is -1.79. The molecule has 0 aromatic carbocycles. The Balaban J connectivity index is 2.38. The smallest absolute Gasteiger partial charge is 0.224 e. The molecule has 1 atom stereocenters. The molecule has 150 valence electrons. The number of carbonyl (C=O) groups excluding carboxylic acids is 2. The summed E-state index contributed by atoms with van der Waals surface area (Å²) in [6, 6.07) is 0. The van der Waals surface area contributed by atoms with E-state index in [0.717, 1.165) is 39.1 Å². The minimum Gasteiger partial charge on any atom is -0.357 e. The molecule has 0 saturated carbocycles. The summed E-state index contributed by atoms with van der Waals surface area (Å²) in [5.41, 5.74) is 0. The van der Waals surface area contributed by atoms with Gasteiger partial charge in [-0.3, -0.25) is 14.6 Å². The summed E-state index contributed by atoms with van der Waals surface area (Å²) >= 11 is 0. The van der Waals surface area contributed by atoms with Crippen LogP contribution in [-0.2, 0) is 9.59 Å². The van der Waals surface area contributed by atoms with Crippen molar-refractivity contribution >= 4 is 17.8 Å². The molecule has 0 radical (unpaired) electrons. The van der Waals surface area contributed by atoms with Crippen molar-refractivity contribution < 1.29 is 9.59 Å². The van der Waals surface area contributed by atoms with Gasteiger partial charge in [0.1, 0.15) is 0 Å². The average molecular weight is 368 g/mol. The number of aliphatic imine (C=N–C) groups is 1. The van der Waals surface area contributed by atoms with E-state index in [0.29, 0.717) is 37.8 Å². The Morgan fingerprint density at radius 3 is 2.50 bits per heavy atom. The lowest BCUT2D eigenvalue weighted by Gasteiger charge is -2.30. The van der Waals surface area contributed by atoms with E-state index < -0.39 is 0 Å². The van der Waals surface area contributed by atoms with E-state index >= 15 is 0 Å². The van der Waals surface area contributed by atoms with Crippen LogP contribution in [0.1, 0.15) is 53.4 Å². The molecule has 0 aromatic rings. The van der Waals surface area contributed by atoms with Gasteiger partial charge >= 0.3 is 0 Å². The topological polar surface area (TPSA) is 77.0 Å². The van der Waals surface area contributed by atoms with Gasteiger partial charge in [0.25, 0.3) is 0 Å². The van der Waals surface area contributed by atoms with Crippen LogP contribution in [0.25, 0.3) is 0 Å². The van der Waals surface area contributed by atoms with E-state index in [9.17, 15) is 9.59 Å². The van der Waals surface area contributed by atoms with E-state index in [1.54, 1.807) is 0 Å². The summed E-state index contributed by atoms with van der Waals surface area (Å²) < 4.78 is 0. The molecule has 1 aliphatic heterocycles. The van der Waals surface area contributed by atoms with Gasteiger partial charge in [0, 0.05) is 52.1 Å². The lowest BCUT2D eigenvalue weighted by atomic mass is 10.00. The van der Waals surface area contributed by atoms with Crippen LogP contribution < -0.4 is 10.6 Å². The molecule has 26 heavy (non-hydrogen) atoms. The molecule has 1 rings (SSSR count). The average Bonchev–Trinajstić information content (AvgIpc) is 2.62.